The van der Waals surface area contributed by atoms with E-state index < -0.39 is 0 Å². The van der Waals surface area contributed by atoms with Crippen molar-refractivity contribution in [3.8, 4) is 0 Å². The molecule has 0 fully saturated rings. The molecule has 0 amide bonds. The first-order chi connectivity index (χ1) is 9.36. The molecule has 2 nitrogen and oxygen atoms in total. The van der Waals surface area contributed by atoms with Gasteiger partial charge in [0, 0.05) is 17.6 Å². The number of nitrogens with zero attached hydrogens (tertiary/aromatic N) is 1. The Morgan fingerprint density at radius 3 is 2.84 bits per heavy atom. The zero-order chi connectivity index (χ0) is 13.2. The molecule has 1 aromatic heterocycles. The Kier molecular flexibility index (Phi) is 3.61. The molecule has 3 rings (SSSR count). The maximum Gasteiger partial charge on any atom is 0.0517 e. The predicted octanol–water partition coefficient (Wildman–Crippen LogP) is 3.43. The highest BCUT2D eigenvalue weighted by molar-refractivity contribution is 5.88. The van der Waals surface area contributed by atoms with Crippen molar-refractivity contribution in [2.75, 3.05) is 6.54 Å². The van der Waals surface area contributed by atoms with E-state index in [4.69, 9.17) is 5.73 Å². The van der Waals surface area contributed by atoms with Crippen molar-refractivity contribution in [1.82, 2.24) is 4.57 Å². The van der Waals surface area contributed by atoms with Gasteiger partial charge in [-0.2, -0.15) is 0 Å². The van der Waals surface area contributed by atoms with Gasteiger partial charge in [-0.25, -0.2) is 0 Å². The Bertz CT molecular complexity index is 580. The van der Waals surface area contributed by atoms with E-state index in [-0.39, 0.29) is 0 Å². The van der Waals surface area contributed by atoms with Crippen LogP contribution >= 0.6 is 0 Å². The van der Waals surface area contributed by atoms with Gasteiger partial charge in [0.15, 0.2) is 0 Å². The molecular weight excluding hydrogens is 232 g/mol. The molecule has 102 valence electrons. The molecule has 1 aromatic carbocycles. The quantitative estimate of drug-likeness (QED) is 0.892. The van der Waals surface area contributed by atoms with Crippen LogP contribution in [0.5, 0.6) is 0 Å². The van der Waals surface area contributed by atoms with E-state index >= 15 is 0 Å². The van der Waals surface area contributed by atoms with E-state index in [9.17, 15) is 0 Å². The van der Waals surface area contributed by atoms with Crippen molar-refractivity contribution in [2.45, 2.75) is 52.0 Å². The van der Waals surface area contributed by atoms with E-state index in [1.807, 2.05) is 0 Å². The minimum absolute atomic E-state index is 0.780. The van der Waals surface area contributed by atoms with Gasteiger partial charge < -0.3 is 10.3 Å². The van der Waals surface area contributed by atoms with Crippen LogP contribution in [0.4, 0.5) is 0 Å². The number of hydrogen-bond donors (Lipinski definition) is 1. The fourth-order valence-electron chi connectivity index (χ4n) is 3.55. The summed E-state index contributed by atoms with van der Waals surface area (Å²) in [6.45, 7) is 4.12. The fraction of sp³-hybridized carbons (Fsp3) is 0.529. The van der Waals surface area contributed by atoms with Crippen LogP contribution in [-0.4, -0.2) is 11.1 Å². The largest absolute Gasteiger partial charge is 0.344 e. The SMILES string of the molecule is CCc1cccc2c3c(n(CCCN)c12)CCCC3. The fourth-order valence-corrected chi connectivity index (χ4v) is 3.55. The maximum absolute atomic E-state index is 5.72. The normalized spacial score (nSPS) is 14.8. The summed E-state index contributed by atoms with van der Waals surface area (Å²) in [5, 5.41) is 1.51. The summed E-state index contributed by atoms with van der Waals surface area (Å²) in [7, 11) is 0. The van der Waals surface area contributed by atoms with Crippen molar-refractivity contribution < 1.29 is 0 Å². The Morgan fingerprint density at radius 2 is 2.05 bits per heavy atom. The van der Waals surface area contributed by atoms with Gasteiger partial charge >= 0.3 is 0 Å². The van der Waals surface area contributed by atoms with E-state index in [1.165, 1.54) is 42.1 Å². The minimum atomic E-state index is 0.780. The highest BCUT2D eigenvalue weighted by Crippen LogP contribution is 2.34. The van der Waals surface area contributed by atoms with Gasteiger partial charge in [0.05, 0.1) is 5.52 Å². The summed E-state index contributed by atoms with van der Waals surface area (Å²) in [5.74, 6) is 0. The first-order valence-electron chi connectivity index (χ1n) is 7.68. The molecule has 0 saturated heterocycles. The predicted molar refractivity (Wildman–Crippen MR) is 81.6 cm³/mol. The monoisotopic (exact) mass is 256 g/mol. The molecule has 0 bridgehead atoms. The molecule has 2 N–H and O–H groups in total. The minimum Gasteiger partial charge on any atom is -0.344 e. The second kappa shape index (κ2) is 5.38. The highest BCUT2D eigenvalue weighted by Gasteiger charge is 2.20. The highest BCUT2D eigenvalue weighted by atomic mass is 15.0. The lowest BCUT2D eigenvalue weighted by molar-refractivity contribution is 0.595. The third-order valence-corrected chi connectivity index (χ3v) is 4.45. The molecule has 19 heavy (non-hydrogen) atoms. The zero-order valence-corrected chi connectivity index (χ0v) is 11.9. The van der Waals surface area contributed by atoms with Gasteiger partial charge in [-0.1, -0.05) is 25.1 Å². The molecule has 2 aromatic rings. The number of aromatic nitrogens is 1. The van der Waals surface area contributed by atoms with Crippen LogP contribution in [0.3, 0.4) is 0 Å². The lowest BCUT2D eigenvalue weighted by Gasteiger charge is -2.16. The van der Waals surface area contributed by atoms with Crippen LogP contribution in [-0.2, 0) is 25.8 Å². The Labute approximate surface area is 115 Å². The number of benzene rings is 1. The lowest BCUT2D eigenvalue weighted by Crippen LogP contribution is -2.11. The first-order valence-corrected chi connectivity index (χ1v) is 7.68. The van der Waals surface area contributed by atoms with Gasteiger partial charge in [-0.15, -0.1) is 0 Å². The smallest absolute Gasteiger partial charge is 0.0517 e. The van der Waals surface area contributed by atoms with Gasteiger partial charge in [-0.3, -0.25) is 0 Å². The number of rotatable bonds is 4. The van der Waals surface area contributed by atoms with Crippen LogP contribution in [0.15, 0.2) is 18.2 Å². The molecule has 1 heterocycles. The third-order valence-electron chi connectivity index (χ3n) is 4.45. The number of fused-ring (bicyclic) bond motifs is 3. The number of aryl methyl sites for hydroxylation is 3. The van der Waals surface area contributed by atoms with Gasteiger partial charge in [0.25, 0.3) is 0 Å². The van der Waals surface area contributed by atoms with Crippen LogP contribution in [0.2, 0.25) is 0 Å². The summed E-state index contributed by atoms with van der Waals surface area (Å²) >= 11 is 0. The van der Waals surface area contributed by atoms with Crippen molar-refractivity contribution >= 4 is 10.9 Å². The summed E-state index contributed by atoms with van der Waals surface area (Å²) in [4.78, 5) is 0. The molecule has 1 aliphatic rings. The molecule has 0 aliphatic heterocycles. The van der Waals surface area contributed by atoms with E-state index in [0.29, 0.717) is 0 Å². The second-order valence-corrected chi connectivity index (χ2v) is 5.59. The molecule has 0 atom stereocenters. The Hall–Kier alpha value is -1.28. The molecule has 0 saturated carbocycles. The van der Waals surface area contributed by atoms with Gasteiger partial charge in [-0.05, 0) is 56.2 Å². The van der Waals surface area contributed by atoms with Crippen molar-refractivity contribution in [2.24, 2.45) is 5.73 Å². The van der Waals surface area contributed by atoms with Crippen LogP contribution < -0.4 is 5.73 Å². The summed E-state index contributed by atoms with van der Waals surface area (Å²) in [6.07, 6.45) is 7.39. The summed E-state index contributed by atoms with van der Waals surface area (Å²) in [5.41, 5.74) is 11.9. The Balaban J connectivity index is 2.23. The molecule has 0 unspecified atom stereocenters. The Morgan fingerprint density at radius 1 is 1.21 bits per heavy atom. The van der Waals surface area contributed by atoms with Gasteiger partial charge in [0.1, 0.15) is 0 Å². The second-order valence-electron chi connectivity index (χ2n) is 5.59. The van der Waals surface area contributed by atoms with Crippen LogP contribution in [0.1, 0.15) is 43.0 Å². The maximum atomic E-state index is 5.72. The van der Waals surface area contributed by atoms with E-state index in [1.54, 1.807) is 11.3 Å². The number of hydrogen-bond acceptors (Lipinski definition) is 1. The van der Waals surface area contributed by atoms with E-state index in [2.05, 4.69) is 29.7 Å². The molecule has 0 spiro atoms. The molecule has 0 radical (unpaired) electrons. The third kappa shape index (κ3) is 2.08. The van der Waals surface area contributed by atoms with Crippen LogP contribution in [0, 0.1) is 0 Å². The average Bonchev–Trinajstić information content (AvgIpc) is 2.79. The topological polar surface area (TPSA) is 30.9 Å². The molecule has 2 heteroatoms. The van der Waals surface area contributed by atoms with Crippen molar-refractivity contribution in [1.29, 1.82) is 0 Å². The summed E-state index contributed by atoms with van der Waals surface area (Å²) < 4.78 is 2.58. The summed E-state index contributed by atoms with van der Waals surface area (Å²) in [6, 6.07) is 6.83. The number of nitrogens with two attached hydrogens (primary N) is 1. The lowest BCUT2D eigenvalue weighted by atomic mass is 9.95. The molecular formula is C17H24N2. The molecule has 1 aliphatic carbocycles. The standard InChI is InChI=1S/C17H24N2/c1-2-13-7-5-9-15-14-8-3-4-10-16(14)19(17(13)15)12-6-11-18/h5,7,9H,2-4,6,8,10-12,18H2,1H3. The first kappa shape index (κ1) is 12.7. The van der Waals surface area contributed by atoms with Crippen molar-refractivity contribution in [3.63, 3.8) is 0 Å². The number of para-hydroxylation sites is 1. The van der Waals surface area contributed by atoms with E-state index in [0.717, 1.165) is 25.9 Å². The van der Waals surface area contributed by atoms with Crippen LogP contribution in [0.25, 0.3) is 10.9 Å². The average molecular weight is 256 g/mol. The van der Waals surface area contributed by atoms with Crippen molar-refractivity contribution in [3.05, 3.63) is 35.0 Å². The zero-order valence-electron chi connectivity index (χ0n) is 11.9. The van der Waals surface area contributed by atoms with Gasteiger partial charge in [0.2, 0.25) is 0 Å².